The summed E-state index contributed by atoms with van der Waals surface area (Å²) in [5.74, 6) is -0.324. The molecule has 106 valence electrons. The molecule has 2 aromatic rings. The zero-order valence-corrected chi connectivity index (χ0v) is 11.7. The second kappa shape index (κ2) is 5.36. The van der Waals surface area contributed by atoms with Gasteiger partial charge in [-0.1, -0.05) is 0 Å². The third-order valence-electron chi connectivity index (χ3n) is 3.03. The Bertz CT molecular complexity index is 716. The molecule has 2 rings (SSSR count). The molecule has 1 N–H and O–H groups in total. The van der Waals surface area contributed by atoms with Crippen LogP contribution in [-0.4, -0.2) is 21.7 Å². The number of benzene rings is 1. The van der Waals surface area contributed by atoms with E-state index in [4.69, 9.17) is 9.84 Å². The molecule has 0 saturated heterocycles. The average molecular weight is 275 g/mol. The summed E-state index contributed by atoms with van der Waals surface area (Å²) >= 11 is 0. The average Bonchev–Trinajstić information content (AvgIpc) is 2.34. The minimum absolute atomic E-state index is 0.0302. The van der Waals surface area contributed by atoms with Crippen LogP contribution in [0, 0.1) is 0 Å². The number of hydrogen-bond acceptors (Lipinski definition) is 3. The minimum Gasteiger partial charge on any atom is -0.491 e. The van der Waals surface area contributed by atoms with Gasteiger partial charge in [-0.3, -0.25) is 9.59 Å². The minimum atomic E-state index is -0.959. The van der Waals surface area contributed by atoms with Gasteiger partial charge < -0.3 is 14.4 Å². The maximum Gasteiger partial charge on any atom is 0.309 e. The molecule has 0 aliphatic rings. The van der Waals surface area contributed by atoms with E-state index < -0.39 is 5.97 Å². The van der Waals surface area contributed by atoms with Crippen molar-refractivity contribution in [3.8, 4) is 5.75 Å². The summed E-state index contributed by atoms with van der Waals surface area (Å²) in [6, 6.07) is 6.63. The van der Waals surface area contributed by atoms with Gasteiger partial charge in [-0.15, -0.1) is 0 Å². The molecule has 0 radical (unpaired) electrons. The standard InChI is InChI=1S/C15H17NO4/c1-9(2)20-11-4-5-13-12(8-11)14(17)6-10(16(13)3)7-15(18)19/h4-6,8-9H,7H2,1-3H3,(H,18,19). The van der Waals surface area contributed by atoms with Gasteiger partial charge in [-0.25, -0.2) is 0 Å². The second-order valence-corrected chi connectivity index (χ2v) is 4.98. The number of carboxylic acids is 1. The van der Waals surface area contributed by atoms with Crippen molar-refractivity contribution >= 4 is 16.9 Å². The molecule has 1 heterocycles. The summed E-state index contributed by atoms with van der Waals surface area (Å²) in [7, 11) is 1.75. The Morgan fingerprint density at radius 3 is 2.65 bits per heavy atom. The lowest BCUT2D eigenvalue weighted by molar-refractivity contribution is -0.136. The van der Waals surface area contributed by atoms with Gasteiger partial charge in [0, 0.05) is 24.2 Å². The number of hydrogen-bond donors (Lipinski definition) is 1. The van der Waals surface area contributed by atoms with Crippen molar-refractivity contribution in [2.75, 3.05) is 0 Å². The van der Waals surface area contributed by atoms with E-state index in [0.717, 1.165) is 0 Å². The quantitative estimate of drug-likeness (QED) is 0.926. The summed E-state index contributed by atoms with van der Waals surface area (Å²) in [4.78, 5) is 22.9. The van der Waals surface area contributed by atoms with E-state index >= 15 is 0 Å². The molecule has 0 aliphatic heterocycles. The summed E-state index contributed by atoms with van der Waals surface area (Å²) in [5, 5.41) is 9.39. The molecule has 0 amide bonds. The Labute approximate surface area is 116 Å². The number of ether oxygens (including phenoxy) is 1. The van der Waals surface area contributed by atoms with Gasteiger partial charge in [0.15, 0.2) is 5.43 Å². The van der Waals surface area contributed by atoms with Gasteiger partial charge in [0.1, 0.15) is 5.75 Å². The van der Waals surface area contributed by atoms with Crippen molar-refractivity contribution in [2.24, 2.45) is 7.05 Å². The first kappa shape index (κ1) is 14.1. The molecule has 1 aromatic carbocycles. The molecule has 0 aliphatic carbocycles. The first-order valence-electron chi connectivity index (χ1n) is 6.39. The number of nitrogens with zero attached hydrogens (tertiary/aromatic N) is 1. The monoisotopic (exact) mass is 275 g/mol. The predicted molar refractivity (Wildman–Crippen MR) is 76.3 cm³/mol. The van der Waals surface area contributed by atoms with E-state index in [9.17, 15) is 9.59 Å². The van der Waals surface area contributed by atoms with Gasteiger partial charge in [0.25, 0.3) is 0 Å². The van der Waals surface area contributed by atoms with E-state index in [-0.39, 0.29) is 18.0 Å². The second-order valence-electron chi connectivity index (χ2n) is 4.98. The first-order valence-corrected chi connectivity index (χ1v) is 6.39. The van der Waals surface area contributed by atoms with Crippen molar-refractivity contribution in [3.63, 3.8) is 0 Å². The Morgan fingerprint density at radius 1 is 1.35 bits per heavy atom. The van der Waals surface area contributed by atoms with Gasteiger partial charge in [-0.05, 0) is 32.0 Å². The van der Waals surface area contributed by atoms with Crippen LogP contribution in [0.15, 0.2) is 29.1 Å². The first-order chi connectivity index (χ1) is 9.38. The molecule has 0 spiro atoms. The fraction of sp³-hybridized carbons (Fsp3) is 0.333. The smallest absolute Gasteiger partial charge is 0.309 e. The summed E-state index contributed by atoms with van der Waals surface area (Å²) in [6.07, 6.45) is -0.145. The largest absolute Gasteiger partial charge is 0.491 e. The van der Waals surface area contributed by atoms with Crippen LogP contribution in [0.1, 0.15) is 19.5 Å². The Balaban J connectivity index is 2.59. The number of rotatable bonds is 4. The molecule has 5 nitrogen and oxygen atoms in total. The van der Waals surface area contributed by atoms with Gasteiger partial charge in [0.2, 0.25) is 0 Å². The molecular weight excluding hydrogens is 258 g/mol. The zero-order chi connectivity index (χ0) is 14.9. The molecule has 0 fully saturated rings. The molecule has 0 saturated carbocycles. The maximum atomic E-state index is 12.1. The summed E-state index contributed by atoms with van der Waals surface area (Å²) in [5.41, 5.74) is 0.987. The molecule has 0 unspecified atom stereocenters. The summed E-state index contributed by atoms with van der Waals surface area (Å²) < 4.78 is 7.30. The number of carbonyl (C=O) groups is 1. The van der Waals surface area contributed by atoms with Crippen LogP contribution in [-0.2, 0) is 18.3 Å². The van der Waals surface area contributed by atoms with Crippen molar-refractivity contribution < 1.29 is 14.6 Å². The zero-order valence-electron chi connectivity index (χ0n) is 11.7. The number of pyridine rings is 1. The Hall–Kier alpha value is -2.30. The topological polar surface area (TPSA) is 68.5 Å². The van der Waals surface area contributed by atoms with Crippen LogP contribution in [0.3, 0.4) is 0 Å². The van der Waals surface area contributed by atoms with E-state index in [0.29, 0.717) is 22.3 Å². The highest BCUT2D eigenvalue weighted by Crippen LogP contribution is 2.20. The highest BCUT2D eigenvalue weighted by Gasteiger charge is 2.10. The fourth-order valence-electron chi connectivity index (χ4n) is 2.16. The van der Waals surface area contributed by atoms with Crippen LogP contribution in [0.5, 0.6) is 5.75 Å². The number of carboxylic acid groups (broad SMARTS) is 1. The van der Waals surface area contributed by atoms with E-state index in [1.165, 1.54) is 6.07 Å². The third kappa shape index (κ3) is 2.82. The molecule has 20 heavy (non-hydrogen) atoms. The molecule has 0 atom stereocenters. The highest BCUT2D eigenvalue weighted by molar-refractivity contribution is 5.81. The van der Waals surface area contributed by atoms with Crippen LogP contribution in [0.25, 0.3) is 10.9 Å². The van der Waals surface area contributed by atoms with Crippen LogP contribution < -0.4 is 10.2 Å². The number of aromatic nitrogens is 1. The van der Waals surface area contributed by atoms with Gasteiger partial charge >= 0.3 is 5.97 Å². The molecule has 1 aromatic heterocycles. The summed E-state index contributed by atoms with van der Waals surface area (Å²) in [6.45, 7) is 3.83. The van der Waals surface area contributed by atoms with Crippen LogP contribution in [0.4, 0.5) is 0 Å². The van der Waals surface area contributed by atoms with E-state index in [1.807, 2.05) is 13.8 Å². The SMILES string of the molecule is CC(C)Oc1ccc2c(c1)c(=O)cc(CC(=O)O)n2C. The fourth-order valence-corrected chi connectivity index (χ4v) is 2.16. The third-order valence-corrected chi connectivity index (χ3v) is 3.03. The highest BCUT2D eigenvalue weighted by atomic mass is 16.5. The lowest BCUT2D eigenvalue weighted by Crippen LogP contribution is -2.15. The van der Waals surface area contributed by atoms with Crippen molar-refractivity contribution in [1.82, 2.24) is 4.57 Å². The molecule has 0 bridgehead atoms. The number of fused-ring (bicyclic) bond motifs is 1. The normalized spacial score (nSPS) is 11.0. The Kier molecular flexibility index (Phi) is 3.79. The van der Waals surface area contributed by atoms with Gasteiger partial charge in [0.05, 0.1) is 18.0 Å². The molecular formula is C15H17NO4. The predicted octanol–water partition coefficient (Wildman–Crippen LogP) is 1.95. The maximum absolute atomic E-state index is 12.1. The van der Waals surface area contributed by atoms with Crippen LogP contribution >= 0.6 is 0 Å². The van der Waals surface area contributed by atoms with Crippen molar-refractivity contribution in [2.45, 2.75) is 26.4 Å². The van der Waals surface area contributed by atoms with E-state index in [1.54, 1.807) is 29.8 Å². The molecule has 5 heteroatoms. The lowest BCUT2D eigenvalue weighted by atomic mass is 10.1. The van der Waals surface area contributed by atoms with Crippen molar-refractivity contribution in [1.29, 1.82) is 0 Å². The van der Waals surface area contributed by atoms with E-state index in [2.05, 4.69) is 0 Å². The van der Waals surface area contributed by atoms with Crippen molar-refractivity contribution in [3.05, 3.63) is 40.2 Å². The van der Waals surface area contributed by atoms with Gasteiger partial charge in [-0.2, -0.15) is 0 Å². The Morgan fingerprint density at radius 2 is 2.05 bits per heavy atom. The van der Waals surface area contributed by atoms with Crippen LogP contribution in [0.2, 0.25) is 0 Å². The lowest BCUT2D eigenvalue weighted by Gasteiger charge is -2.13. The number of aliphatic carboxylic acids is 1. The number of aryl methyl sites for hydroxylation is 1.